The number of anilines is 1. The fourth-order valence-electron chi connectivity index (χ4n) is 4.77. The maximum Gasteiger partial charge on any atom is 0.341 e. The SMILES string of the molecule is COCCN(c1oc(-c2ccc(-c3cn4ccsc4n3)cc2)cc1C(=O)O)C(=O)[C@H]1CC[C@H](C)CC1. The van der Waals surface area contributed by atoms with Crippen LogP contribution in [0.1, 0.15) is 43.0 Å². The van der Waals surface area contributed by atoms with Crippen LogP contribution < -0.4 is 4.90 Å². The molecular weight excluding hydrogens is 478 g/mol. The Balaban J connectivity index is 1.45. The van der Waals surface area contributed by atoms with Crippen LogP contribution >= 0.6 is 11.3 Å². The van der Waals surface area contributed by atoms with Gasteiger partial charge in [-0.2, -0.15) is 0 Å². The number of ether oxygens (including phenoxy) is 1. The Bertz CT molecular complexity index is 1330. The van der Waals surface area contributed by atoms with Crippen molar-refractivity contribution < 1.29 is 23.8 Å². The monoisotopic (exact) mass is 507 g/mol. The van der Waals surface area contributed by atoms with Gasteiger partial charge in [-0.05, 0) is 31.6 Å². The molecule has 1 aliphatic carbocycles. The smallest absolute Gasteiger partial charge is 0.341 e. The molecule has 0 saturated heterocycles. The first-order chi connectivity index (χ1) is 17.4. The van der Waals surface area contributed by atoms with Crippen LogP contribution in [0.4, 0.5) is 5.88 Å². The Labute approximate surface area is 213 Å². The molecule has 1 aliphatic rings. The van der Waals surface area contributed by atoms with Gasteiger partial charge in [-0.3, -0.25) is 14.1 Å². The van der Waals surface area contributed by atoms with Crippen molar-refractivity contribution in [1.82, 2.24) is 9.38 Å². The van der Waals surface area contributed by atoms with E-state index in [1.165, 1.54) is 11.0 Å². The van der Waals surface area contributed by atoms with Crippen LogP contribution in [0.3, 0.4) is 0 Å². The second-order valence-electron chi connectivity index (χ2n) is 9.37. The van der Waals surface area contributed by atoms with Crippen LogP contribution in [-0.4, -0.2) is 46.6 Å². The number of methoxy groups -OCH3 is 1. The molecule has 8 nitrogen and oxygen atoms in total. The van der Waals surface area contributed by atoms with Crippen LogP contribution in [0.5, 0.6) is 0 Å². The lowest BCUT2D eigenvalue weighted by Gasteiger charge is -2.30. The van der Waals surface area contributed by atoms with E-state index in [-0.39, 0.29) is 36.4 Å². The van der Waals surface area contributed by atoms with Crippen molar-refractivity contribution in [2.45, 2.75) is 32.6 Å². The van der Waals surface area contributed by atoms with Gasteiger partial charge >= 0.3 is 5.97 Å². The topological polar surface area (TPSA) is 97.3 Å². The summed E-state index contributed by atoms with van der Waals surface area (Å²) in [6, 6.07) is 9.11. The van der Waals surface area contributed by atoms with Crippen LogP contribution in [0.2, 0.25) is 0 Å². The van der Waals surface area contributed by atoms with Crippen LogP contribution in [0.25, 0.3) is 27.5 Å². The molecule has 0 radical (unpaired) electrons. The molecule has 9 heteroatoms. The first kappa shape index (κ1) is 24.3. The molecule has 188 valence electrons. The van der Waals surface area contributed by atoms with E-state index in [2.05, 4.69) is 11.9 Å². The number of carbonyl (C=O) groups is 2. The maximum atomic E-state index is 13.5. The van der Waals surface area contributed by atoms with Gasteiger partial charge in [-0.25, -0.2) is 9.78 Å². The van der Waals surface area contributed by atoms with E-state index in [9.17, 15) is 14.7 Å². The number of carboxylic acids is 1. The Morgan fingerprint density at radius 1 is 1.19 bits per heavy atom. The van der Waals surface area contributed by atoms with E-state index in [0.717, 1.165) is 47.5 Å². The van der Waals surface area contributed by atoms with Crippen molar-refractivity contribution >= 4 is 34.1 Å². The van der Waals surface area contributed by atoms with E-state index >= 15 is 0 Å². The largest absolute Gasteiger partial charge is 0.477 e. The van der Waals surface area contributed by atoms with Gasteiger partial charge in [0.1, 0.15) is 11.3 Å². The molecule has 3 aromatic heterocycles. The van der Waals surface area contributed by atoms with Gasteiger partial charge in [-0.1, -0.05) is 31.2 Å². The summed E-state index contributed by atoms with van der Waals surface area (Å²) in [6.45, 7) is 2.71. The third-order valence-electron chi connectivity index (χ3n) is 6.90. The third-order valence-corrected chi connectivity index (χ3v) is 7.67. The van der Waals surface area contributed by atoms with Gasteiger partial charge in [0.05, 0.1) is 18.8 Å². The summed E-state index contributed by atoms with van der Waals surface area (Å²) in [5.74, 6) is -0.312. The molecule has 1 amide bonds. The minimum absolute atomic E-state index is 0.0305. The van der Waals surface area contributed by atoms with Crippen molar-refractivity contribution in [3.05, 3.63) is 53.7 Å². The zero-order valence-electron chi connectivity index (χ0n) is 20.3. The lowest BCUT2D eigenvalue weighted by atomic mass is 9.82. The number of aromatic carboxylic acids is 1. The quantitative estimate of drug-likeness (QED) is 0.322. The Kier molecular flexibility index (Phi) is 6.93. The molecule has 0 atom stereocenters. The molecule has 5 rings (SSSR count). The first-order valence-electron chi connectivity index (χ1n) is 12.1. The zero-order valence-corrected chi connectivity index (χ0v) is 21.2. The normalized spacial score (nSPS) is 17.9. The van der Waals surface area contributed by atoms with Gasteiger partial charge in [0.2, 0.25) is 11.8 Å². The molecular formula is C27H29N3O5S. The van der Waals surface area contributed by atoms with Crippen LogP contribution in [0.15, 0.2) is 52.5 Å². The first-order valence-corrected chi connectivity index (χ1v) is 13.0. The summed E-state index contributed by atoms with van der Waals surface area (Å²) in [7, 11) is 1.56. The molecule has 3 heterocycles. The molecule has 0 aliphatic heterocycles. The molecule has 0 bridgehead atoms. The van der Waals surface area contributed by atoms with E-state index < -0.39 is 5.97 Å². The Morgan fingerprint density at radius 3 is 2.58 bits per heavy atom. The highest BCUT2D eigenvalue weighted by molar-refractivity contribution is 7.15. The summed E-state index contributed by atoms with van der Waals surface area (Å²) in [6.07, 6.45) is 7.52. The fourth-order valence-corrected chi connectivity index (χ4v) is 5.47. The summed E-state index contributed by atoms with van der Waals surface area (Å²) in [4.78, 5) is 32.7. The predicted molar refractivity (Wildman–Crippen MR) is 139 cm³/mol. The second-order valence-corrected chi connectivity index (χ2v) is 10.2. The number of furan rings is 1. The maximum absolute atomic E-state index is 13.5. The highest BCUT2D eigenvalue weighted by Gasteiger charge is 2.33. The number of hydrogen-bond donors (Lipinski definition) is 1. The molecule has 1 aromatic carbocycles. The molecule has 36 heavy (non-hydrogen) atoms. The average Bonchev–Trinajstić information content (AvgIpc) is 3.60. The number of benzene rings is 1. The van der Waals surface area contributed by atoms with E-state index in [1.54, 1.807) is 18.4 Å². The molecule has 0 unspecified atom stereocenters. The van der Waals surface area contributed by atoms with Gasteiger partial charge < -0.3 is 14.3 Å². The Hall–Kier alpha value is -3.43. The number of rotatable bonds is 8. The lowest BCUT2D eigenvalue weighted by Crippen LogP contribution is -2.40. The van der Waals surface area contributed by atoms with E-state index in [1.807, 2.05) is 46.4 Å². The fraction of sp³-hybridized carbons (Fsp3) is 0.370. The molecule has 1 saturated carbocycles. The van der Waals surface area contributed by atoms with Gasteiger partial charge in [-0.15, -0.1) is 11.3 Å². The number of fused-ring (bicyclic) bond motifs is 1. The number of thiazole rings is 1. The van der Waals surface area contributed by atoms with Gasteiger partial charge in [0.25, 0.3) is 0 Å². The number of imidazole rings is 1. The van der Waals surface area contributed by atoms with Gasteiger partial charge in [0, 0.05) is 48.0 Å². The molecule has 0 spiro atoms. The highest BCUT2D eigenvalue weighted by Crippen LogP contribution is 2.36. The Morgan fingerprint density at radius 2 is 1.92 bits per heavy atom. The van der Waals surface area contributed by atoms with Crippen LogP contribution in [0, 0.1) is 11.8 Å². The standard InChI is InChI=1S/C27H29N3O5S/c1-17-3-5-20(6-4-17)24(31)30(11-13-34-2)25-21(26(32)33)15-23(35-25)19-9-7-18(8-10-19)22-16-29-12-14-36-27(29)28-22/h7-10,12,14-17,20H,3-6,11,13H2,1-2H3,(H,32,33)/t17-,20-. The van der Waals surface area contributed by atoms with E-state index in [4.69, 9.17) is 9.15 Å². The highest BCUT2D eigenvalue weighted by atomic mass is 32.1. The molecule has 4 aromatic rings. The van der Waals surface area contributed by atoms with Crippen molar-refractivity contribution in [2.24, 2.45) is 11.8 Å². The molecule has 1 N–H and O–H groups in total. The van der Waals surface area contributed by atoms with Gasteiger partial charge in [0.15, 0.2) is 4.96 Å². The zero-order chi connectivity index (χ0) is 25.2. The number of hydrogen-bond acceptors (Lipinski definition) is 6. The summed E-state index contributed by atoms with van der Waals surface area (Å²) in [5.41, 5.74) is 2.50. The number of carbonyl (C=O) groups excluding carboxylic acids is 1. The van der Waals surface area contributed by atoms with Crippen molar-refractivity contribution in [3.63, 3.8) is 0 Å². The number of nitrogens with zero attached hydrogens (tertiary/aromatic N) is 3. The number of carboxylic acid groups (broad SMARTS) is 1. The molecule has 1 fully saturated rings. The minimum Gasteiger partial charge on any atom is -0.477 e. The number of aromatic nitrogens is 2. The lowest BCUT2D eigenvalue weighted by molar-refractivity contribution is -0.123. The number of amides is 1. The average molecular weight is 508 g/mol. The summed E-state index contributed by atoms with van der Waals surface area (Å²) >= 11 is 1.57. The summed E-state index contributed by atoms with van der Waals surface area (Å²) < 4.78 is 13.3. The second kappa shape index (κ2) is 10.3. The van der Waals surface area contributed by atoms with Crippen molar-refractivity contribution in [3.8, 4) is 22.6 Å². The van der Waals surface area contributed by atoms with Crippen LogP contribution in [-0.2, 0) is 9.53 Å². The predicted octanol–water partition coefficient (Wildman–Crippen LogP) is 5.83. The minimum atomic E-state index is -1.14. The van der Waals surface area contributed by atoms with Crippen molar-refractivity contribution in [2.75, 3.05) is 25.2 Å². The summed E-state index contributed by atoms with van der Waals surface area (Å²) in [5, 5.41) is 11.9. The third kappa shape index (κ3) is 4.81. The van der Waals surface area contributed by atoms with Crippen molar-refractivity contribution in [1.29, 1.82) is 0 Å². The van der Waals surface area contributed by atoms with E-state index in [0.29, 0.717) is 11.7 Å².